The molecule has 0 saturated carbocycles. The van der Waals surface area contributed by atoms with Crippen LogP contribution in [0.5, 0.6) is 17.2 Å². The highest BCUT2D eigenvalue weighted by molar-refractivity contribution is 7.22. The van der Waals surface area contributed by atoms with Crippen molar-refractivity contribution in [3.63, 3.8) is 0 Å². The number of nitrogens with zero attached hydrogens (tertiary/aromatic N) is 2. The van der Waals surface area contributed by atoms with Gasteiger partial charge in [0.15, 0.2) is 0 Å². The van der Waals surface area contributed by atoms with Gasteiger partial charge in [-0.2, -0.15) is 0 Å². The smallest absolute Gasteiger partial charge is 0.339 e. The molecule has 1 aromatic heterocycles. The molecule has 1 N–H and O–H groups in total. The Hall–Kier alpha value is -3.59. The fraction of sp³-hybridized carbons (Fsp3) is 0.382. The molecule has 3 heterocycles. The predicted octanol–water partition coefficient (Wildman–Crippen LogP) is 6.01. The topological polar surface area (TPSA) is 85.3 Å². The number of methoxy groups -OCH3 is 1. The molecule has 0 unspecified atom stereocenters. The second kappa shape index (κ2) is 12.7. The molecule has 0 atom stereocenters. The zero-order chi connectivity index (χ0) is 29.1. The summed E-state index contributed by atoms with van der Waals surface area (Å²) in [6.45, 7) is 6.51. The highest BCUT2D eigenvalue weighted by atomic mass is 32.1. The average Bonchev–Trinajstić information content (AvgIpc) is 3.76. The van der Waals surface area contributed by atoms with E-state index in [2.05, 4.69) is 28.0 Å². The van der Waals surface area contributed by atoms with Crippen molar-refractivity contribution < 1.29 is 24.5 Å². The standard InChI is InChI=1S/C34H38N2O5S/c1-40-31-19-23(6-7-25(31)22-36-14-4-5-15-36)18-28-27-10-9-26(37)21-32(27)42-33(28)24-8-11-30(29(20-24)34(38)39)41-17-16-35-12-2-3-13-35/h6-11,19-21,37H,2-5,12-18,22H2,1H3,(H,38,39)/p-1. The monoisotopic (exact) mass is 585 g/mol. The maximum atomic E-state index is 12.3. The number of carbonyl (C=O) groups is 1. The Labute approximate surface area is 250 Å². The van der Waals surface area contributed by atoms with Gasteiger partial charge in [0.1, 0.15) is 23.7 Å². The van der Waals surface area contributed by atoms with Gasteiger partial charge in [0.25, 0.3) is 0 Å². The first kappa shape index (κ1) is 28.5. The first-order chi connectivity index (χ1) is 20.5. The third kappa shape index (κ3) is 6.26. The summed E-state index contributed by atoms with van der Waals surface area (Å²) in [5.41, 5.74) is 4.31. The van der Waals surface area contributed by atoms with Gasteiger partial charge < -0.3 is 19.7 Å². The largest absolute Gasteiger partial charge is 0.872 e. The summed E-state index contributed by atoms with van der Waals surface area (Å²) in [6, 6.07) is 17.0. The van der Waals surface area contributed by atoms with Gasteiger partial charge in [-0.25, -0.2) is 4.79 Å². The number of rotatable bonds is 11. The van der Waals surface area contributed by atoms with E-state index in [0.717, 1.165) is 76.7 Å². The van der Waals surface area contributed by atoms with Crippen molar-refractivity contribution in [2.45, 2.75) is 38.6 Å². The quantitative estimate of drug-likeness (QED) is 0.231. The minimum Gasteiger partial charge on any atom is -0.872 e. The number of hydrogen-bond acceptors (Lipinski definition) is 7. The number of carboxylic acid groups (broad SMARTS) is 1. The molecule has 7 nitrogen and oxygen atoms in total. The molecule has 0 spiro atoms. The highest BCUT2D eigenvalue weighted by Crippen LogP contribution is 2.42. The van der Waals surface area contributed by atoms with Crippen LogP contribution >= 0.6 is 11.3 Å². The van der Waals surface area contributed by atoms with Gasteiger partial charge in [0.05, 0.1) is 7.11 Å². The Kier molecular flexibility index (Phi) is 8.65. The summed E-state index contributed by atoms with van der Waals surface area (Å²) >= 11 is 1.53. The Morgan fingerprint density at radius 2 is 1.69 bits per heavy atom. The van der Waals surface area contributed by atoms with E-state index >= 15 is 0 Å². The molecule has 0 amide bonds. The number of likely N-dealkylation sites (tertiary alicyclic amines) is 2. The lowest BCUT2D eigenvalue weighted by atomic mass is 9.97. The SMILES string of the molecule is COc1cc(Cc2c(-c3ccc(OCCN4CCCC4)c(C(=O)O)c3)sc3cc([O-])ccc23)ccc1CN1CCCC1. The first-order valence-corrected chi connectivity index (χ1v) is 15.6. The molecule has 3 aromatic carbocycles. The summed E-state index contributed by atoms with van der Waals surface area (Å²) in [7, 11) is 1.72. The molecule has 6 rings (SSSR count). The molecule has 0 aliphatic carbocycles. The zero-order valence-corrected chi connectivity index (χ0v) is 24.9. The molecule has 0 bridgehead atoms. The minimum absolute atomic E-state index is 0.0391. The van der Waals surface area contributed by atoms with Crippen molar-refractivity contribution in [3.05, 3.63) is 76.9 Å². The maximum absolute atomic E-state index is 12.3. The summed E-state index contributed by atoms with van der Waals surface area (Å²) in [4.78, 5) is 18.1. The highest BCUT2D eigenvalue weighted by Gasteiger charge is 2.20. The van der Waals surface area contributed by atoms with Crippen LogP contribution in [-0.4, -0.2) is 67.3 Å². The third-order valence-corrected chi connectivity index (χ3v) is 9.67. The molecule has 2 fully saturated rings. The number of fused-ring (bicyclic) bond motifs is 1. The second-order valence-electron chi connectivity index (χ2n) is 11.3. The lowest BCUT2D eigenvalue weighted by Crippen LogP contribution is -2.25. The summed E-state index contributed by atoms with van der Waals surface area (Å²) in [5.74, 6) is 0.206. The number of hydrogen-bond donors (Lipinski definition) is 1. The number of carboxylic acids is 1. The molecule has 220 valence electrons. The van der Waals surface area contributed by atoms with Gasteiger partial charge in [-0.15, -0.1) is 17.1 Å². The van der Waals surface area contributed by atoms with Gasteiger partial charge in [-0.3, -0.25) is 9.80 Å². The molecule has 42 heavy (non-hydrogen) atoms. The lowest BCUT2D eigenvalue weighted by molar-refractivity contribution is -0.268. The van der Waals surface area contributed by atoms with Crippen LogP contribution in [0.4, 0.5) is 0 Å². The Balaban J connectivity index is 1.31. The normalized spacial score (nSPS) is 15.9. The molecule has 2 aliphatic rings. The predicted molar refractivity (Wildman–Crippen MR) is 165 cm³/mol. The molecule has 8 heteroatoms. The van der Waals surface area contributed by atoms with Crippen LogP contribution in [-0.2, 0) is 13.0 Å². The number of ether oxygens (including phenoxy) is 2. The van der Waals surface area contributed by atoms with E-state index in [-0.39, 0.29) is 11.3 Å². The maximum Gasteiger partial charge on any atom is 0.339 e. The van der Waals surface area contributed by atoms with Crippen molar-refractivity contribution in [2.75, 3.05) is 46.4 Å². The van der Waals surface area contributed by atoms with E-state index in [0.29, 0.717) is 18.8 Å². The van der Waals surface area contributed by atoms with Crippen molar-refractivity contribution in [1.82, 2.24) is 9.80 Å². The van der Waals surface area contributed by atoms with Crippen LogP contribution in [0.3, 0.4) is 0 Å². The van der Waals surface area contributed by atoms with Crippen molar-refractivity contribution in [2.24, 2.45) is 0 Å². The molecular formula is C34H37N2O5S-. The molecule has 2 saturated heterocycles. The molecular weight excluding hydrogens is 548 g/mol. The first-order valence-electron chi connectivity index (χ1n) is 14.8. The fourth-order valence-corrected chi connectivity index (χ4v) is 7.46. The average molecular weight is 586 g/mol. The molecule has 4 aromatic rings. The number of benzene rings is 3. The van der Waals surface area contributed by atoms with E-state index in [1.165, 1.54) is 42.6 Å². The van der Waals surface area contributed by atoms with E-state index in [1.807, 2.05) is 12.1 Å². The summed E-state index contributed by atoms with van der Waals surface area (Å²) in [6.07, 6.45) is 5.53. The van der Waals surface area contributed by atoms with Crippen molar-refractivity contribution >= 4 is 27.4 Å². The van der Waals surface area contributed by atoms with Crippen molar-refractivity contribution in [1.29, 1.82) is 0 Å². The van der Waals surface area contributed by atoms with Crippen LogP contribution in [0.1, 0.15) is 52.7 Å². The van der Waals surface area contributed by atoms with E-state index in [4.69, 9.17) is 9.47 Å². The second-order valence-corrected chi connectivity index (χ2v) is 12.3. The Morgan fingerprint density at radius 3 is 2.43 bits per heavy atom. The van der Waals surface area contributed by atoms with Crippen LogP contribution < -0.4 is 14.6 Å². The van der Waals surface area contributed by atoms with Crippen LogP contribution in [0.15, 0.2) is 54.6 Å². The van der Waals surface area contributed by atoms with Gasteiger partial charge in [-0.05, 0) is 105 Å². The van der Waals surface area contributed by atoms with Gasteiger partial charge in [0, 0.05) is 28.2 Å². The fourth-order valence-electron chi connectivity index (χ4n) is 6.21. The van der Waals surface area contributed by atoms with Gasteiger partial charge in [-0.1, -0.05) is 30.3 Å². The minimum atomic E-state index is -1.02. The van der Waals surface area contributed by atoms with Crippen LogP contribution in [0.25, 0.3) is 20.5 Å². The van der Waals surface area contributed by atoms with E-state index in [9.17, 15) is 15.0 Å². The lowest BCUT2D eigenvalue weighted by Gasteiger charge is -2.18. The van der Waals surface area contributed by atoms with Crippen LogP contribution in [0, 0.1) is 0 Å². The van der Waals surface area contributed by atoms with Crippen LogP contribution in [0.2, 0.25) is 0 Å². The Morgan fingerprint density at radius 1 is 0.929 bits per heavy atom. The van der Waals surface area contributed by atoms with E-state index in [1.54, 1.807) is 31.4 Å². The van der Waals surface area contributed by atoms with Crippen molar-refractivity contribution in [3.8, 4) is 27.7 Å². The Bertz CT molecular complexity index is 1570. The third-order valence-electron chi connectivity index (χ3n) is 8.43. The number of thiophene rings is 1. The molecule has 2 aliphatic heterocycles. The summed E-state index contributed by atoms with van der Waals surface area (Å²) in [5, 5.41) is 23.3. The molecule has 0 radical (unpaired) electrons. The van der Waals surface area contributed by atoms with Gasteiger partial charge in [0.2, 0.25) is 0 Å². The van der Waals surface area contributed by atoms with Gasteiger partial charge >= 0.3 is 5.97 Å². The summed E-state index contributed by atoms with van der Waals surface area (Å²) < 4.78 is 12.7. The zero-order valence-electron chi connectivity index (χ0n) is 24.1. The van der Waals surface area contributed by atoms with E-state index < -0.39 is 5.97 Å². The number of aromatic carboxylic acids is 1.